The van der Waals surface area contributed by atoms with Crippen molar-refractivity contribution < 1.29 is 13.9 Å². The molecule has 0 amide bonds. The van der Waals surface area contributed by atoms with Crippen LogP contribution in [0.25, 0.3) is 10.9 Å². The average Bonchev–Trinajstić information content (AvgIpc) is 2.52. The van der Waals surface area contributed by atoms with E-state index in [1.165, 1.54) is 12.1 Å². The lowest BCUT2D eigenvalue weighted by atomic mass is 10.0. The van der Waals surface area contributed by atoms with Gasteiger partial charge in [0.25, 0.3) is 0 Å². The van der Waals surface area contributed by atoms with Crippen molar-refractivity contribution in [3.63, 3.8) is 0 Å². The van der Waals surface area contributed by atoms with Crippen LogP contribution in [-0.4, -0.2) is 37.4 Å². The van der Waals surface area contributed by atoms with Crippen molar-refractivity contribution in [1.82, 2.24) is 4.98 Å². The highest BCUT2D eigenvalue weighted by atomic mass is 19.1. The van der Waals surface area contributed by atoms with Gasteiger partial charge in [0.2, 0.25) is 0 Å². The van der Waals surface area contributed by atoms with Gasteiger partial charge in [-0.05, 0) is 30.7 Å². The Morgan fingerprint density at radius 2 is 2.23 bits per heavy atom. The van der Waals surface area contributed by atoms with E-state index in [9.17, 15) is 4.39 Å². The van der Waals surface area contributed by atoms with Crippen LogP contribution >= 0.6 is 0 Å². The molecule has 2 aliphatic heterocycles. The molecule has 2 aromatic rings. The van der Waals surface area contributed by atoms with Crippen molar-refractivity contribution in [3.05, 3.63) is 29.6 Å². The lowest BCUT2D eigenvalue weighted by molar-refractivity contribution is 0.0698. The molecule has 1 aromatic heterocycles. The van der Waals surface area contributed by atoms with E-state index in [2.05, 4.69) is 4.90 Å². The molecule has 2 atom stereocenters. The molecule has 0 spiro atoms. The van der Waals surface area contributed by atoms with Gasteiger partial charge in [-0.25, -0.2) is 9.37 Å². The first-order chi connectivity index (χ1) is 10.6. The summed E-state index contributed by atoms with van der Waals surface area (Å²) < 4.78 is 25.1. The number of halogens is 1. The molecule has 0 saturated carbocycles. The molecule has 1 fully saturated rings. The summed E-state index contributed by atoms with van der Waals surface area (Å²) in [6.45, 7) is 4.51. The zero-order valence-corrected chi connectivity index (χ0v) is 12.4. The van der Waals surface area contributed by atoms with E-state index in [1.807, 2.05) is 13.0 Å². The standard InChI is InChI=1S/C16H18FN3O2/c1-9(18)13-6-11(17)4-10-5-14-16(19-15(10)13)20-2-3-21-7-12(20)8-22-14/h4-6,9,12H,2-3,7-8,18H2,1H3/t9-,12+/m1/s1. The Bertz CT molecular complexity index is 735. The number of nitrogens with zero attached hydrogens (tertiary/aromatic N) is 2. The maximum atomic E-state index is 13.8. The first kappa shape index (κ1) is 13.7. The second-order valence-electron chi connectivity index (χ2n) is 5.90. The number of aromatic nitrogens is 1. The summed E-state index contributed by atoms with van der Waals surface area (Å²) in [5.74, 6) is 1.20. The van der Waals surface area contributed by atoms with Gasteiger partial charge in [0.15, 0.2) is 11.6 Å². The summed E-state index contributed by atoms with van der Waals surface area (Å²) in [7, 11) is 0. The van der Waals surface area contributed by atoms with Crippen LogP contribution in [0.2, 0.25) is 0 Å². The van der Waals surface area contributed by atoms with Crippen LogP contribution in [0.15, 0.2) is 18.2 Å². The molecule has 0 bridgehead atoms. The molecule has 22 heavy (non-hydrogen) atoms. The van der Waals surface area contributed by atoms with E-state index >= 15 is 0 Å². The molecule has 1 aromatic carbocycles. The van der Waals surface area contributed by atoms with E-state index < -0.39 is 0 Å². The molecular formula is C16H18FN3O2. The Morgan fingerprint density at radius 3 is 3.05 bits per heavy atom. The fourth-order valence-corrected chi connectivity index (χ4v) is 3.16. The monoisotopic (exact) mass is 303 g/mol. The quantitative estimate of drug-likeness (QED) is 0.873. The number of benzene rings is 1. The lowest BCUT2D eigenvalue weighted by Crippen LogP contribution is -2.51. The van der Waals surface area contributed by atoms with Crippen LogP contribution in [0.5, 0.6) is 5.75 Å². The maximum Gasteiger partial charge on any atom is 0.172 e. The van der Waals surface area contributed by atoms with Gasteiger partial charge in [0.05, 0.1) is 24.8 Å². The molecule has 0 aliphatic carbocycles. The van der Waals surface area contributed by atoms with Crippen molar-refractivity contribution in [2.75, 3.05) is 31.3 Å². The number of morpholine rings is 1. The molecule has 5 nitrogen and oxygen atoms in total. The zero-order chi connectivity index (χ0) is 15.3. The fraction of sp³-hybridized carbons (Fsp3) is 0.438. The first-order valence-electron chi connectivity index (χ1n) is 7.50. The van der Waals surface area contributed by atoms with Gasteiger partial charge in [0, 0.05) is 18.0 Å². The number of fused-ring (bicyclic) bond motifs is 4. The van der Waals surface area contributed by atoms with Gasteiger partial charge in [-0.2, -0.15) is 0 Å². The molecule has 3 heterocycles. The van der Waals surface area contributed by atoms with E-state index in [0.29, 0.717) is 31.1 Å². The Morgan fingerprint density at radius 1 is 1.36 bits per heavy atom. The van der Waals surface area contributed by atoms with Crippen LogP contribution in [0, 0.1) is 5.82 Å². The normalized spacial score (nSPS) is 22.0. The molecule has 0 radical (unpaired) electrons. The number of anilines is 1. The predicted molar refractivity (Wildman–Crippen MR) is 81.8 cm³/mol. The van der Waals surface area contributed by atoms with Gasteiger partial charge in [0.1, 0.15) is 12.4 Å². The van der Waals surface area contributed by atoms with Gasteiger partial charge in [-0.15, -0.1) is 0 Å². The van der Waals surface area contributed by atoms with Gasteiger partial charge >= 0.3 is 0 Å². The third-order valence-corrected chi connectivity index (χ3v) is 4.28. The molecule has 2 N–H and O–H groups in total. The predicted octanol–water partition coefficient (Wildman–Crippen LogP) is 1.99. The van der Waals surface area contributed by atoms with Crippen LogP contribution < -0.4 is 15.4 Å². The topological polar surface area (TPSA) is 60.6 Å². The minimum absolute atomic E-state index is 0.186. The molecular weight excluding hydrogens is 285 g/mol. The second-order valence-corrected chi connectivity index (χ2v) is 5.90. The molecule has 6 heteroatoms. The highest BCUT2D eigenvalue weighted by Crippen LogP contribution is 2.37. The summed E-state index contributed by atoms with van der Waals surface area (Å²) in [5, 5.41) is 0.720. The van der Waals surface area contributed by atoms with Crippen molar-refractivity contribution in [1.29, 1.82) is 0 Å². The lowest BCUT2D eigenvalue weighted by Gasteiger charge is -2.40. The Labute approximate surface area is 127 Å². The fourth-order valence-electron chi connectivity index (χ4n) is 3.16. The highest BCUT2D eigenvalue weighted by molar-refractivity contribution is 5.86. The third-order valence-electron chi connectivity index (χ3n) is 4.28. The van der Waals surface area contributed by atoms with Crippen molar-refractivity contribution in [2.45, 2.75) is 19.0 Å². The zero-order valence-electron chi connectivity index (χ0n) is 12.4. The van der Waals surface area contributed by atoms with Crippen molar-refractivity contribution in [2.24, 2.45) is 5.73 Å². The second kappa shape index (κ2) is 5.07. The van der Waals surface area contributed by atoms with E-state index in [0.717, 1.165) is 23.3 Å². The smallest absolute Gasteiger partial charge is 0.172 e. The largest absolute Gasteiger partial charge is 0.487 e. The number of pyridine rings is 1. The SMILES string of the molecule is C[C@@H](N)c1cc(F)cc2cc3c(nc12)N1CCOC[C@H]1CO3. The van der Waals surface area contributed by atoms with Crippen molar-refractivity contribution >= 4 is 16.7 Å². The van der Waals surface area contributed by atoms with Crippen molar-refractivity contribution in [3.8, 4) is 5.75 Å². The Kier molecular flexibility index (Phi) is 3.16. The molecule has 2 aliphatic rings. The van der Waals surface area contributed by atoms with Gasteiger partial charge in [-0.1, -0.05) is 0 Å². The Hall–Kier alpha value is -1.92. The van der Waals surface area contributed by atoms with Crippen LogP contribution in [-0.2, 0) is 4.74 Å². The van der Waals surface area contributed by atoms with Crippen LogP contribution in [0.4, 0.5) is 10.2 Å². The summed E-state index contributed by atoms with van der Waals surface area (Å²) in [6, 6.07) is 4.70. The van der Waals surface area contributed by atoms with Gasteiger partial charge in [-0.3, -0.25) is 0 Å². The molecule has 0 unspecified atom stereocenters. The summed E-state index contributed by atoms with van der Waals surface area (Å²) in [4.78, 5) is 6.98. The highest BCUT2D eigenvalue weighted by Gasteiger charge is 2.32. The maximum absolute atomic E-state index is 13.8. The van der Waals surface area contributed by atoms with E-state index in [-0.39, 0.29) is 17.9 Å². The first-order valence-corrected chi connectivity index (χ1v) is 7.50. The summed E-state index contributed by atoms with van der Waals surface area (Å²) >= 11 is 0. The molecule has 4 rings (SSSR count). The minimum Gasteiger partial charge on any atom is -0.487 e. The average molecular weight is 303 g/mol. The minimum atomic E-state index is -0.304. The summed E-state index contributed by atoms with van der Waals surface area (Å²) in [5.41, 5.74) is 7.44. The van der Waals surface area contributed by atoms with Crippen LogP contribution in [0.1, 0.15) is 18.5 Å². The summed E-state index contributed by atoms with van der Waals surface area (Å²) in [6.07, 6.45) is 0. The number of nitrogens with two attached hydrogens (primary N) is 1. The van der Waals surface area contributed by atoms with Gasteiger partial charge < -0.3 is 20.1 Å². The third kappa shape index (κ3) is 2.10. The molecule has 116 valence electrons. The van der Waals surface area contributed by atoms with Crippen LogP contribution in [0.3, 0.4) is 0 Å². The van der Waals surface area contributed by atoms with E-state index in [1.54, 1.807) is 0 Å². The Balaban J connectivity index is 1.92. The number of hydrogen-bond donors (Lipinski definition) is 1. The number of ether oxygens (including phenoxy) is 2. The number of rotatable bonds is 1. The molecule has 1 saturated heterocycles. The van der Waals surface area contributed by atoms with E-state index in [4.69, 9.17) is 20.2 Å². The number of hydrogen-bond acceptors (Lipinski definition) is 5.